The molecule has 1 aromatic carbocycles. The maximum absolute atomic E-state index is 6.26. The molecule has 2 aliphatic heterocycles. The number of ether oxygens (including phenoxy) is 3. The van der Waals surface area contributed by atoms with Crippen molar-refractivity contribution in [2.24, 2.45) is 0 Å². The molecule has 158 valence electrons. The number of anilines is 2. The van der Waals surface area contributed by atoms with Crippen LogP contribution >= 0.6 is 22.9 Å². The van der Waals surface area contributed by atoms with E-state index in [4.69, 9.17) is 14.2 Å². The Hall–Kier alpha value is -2.11. The van der Waals surface area contributed by atoms with E-state index in [2.05, 4.69) is 65.1 Å². The van der Waals surface area contributed by atoms with E-state index in [-0.39, 0.29) is 6.10 Å². The van der Waals surface area contributed by atoms with E-state index in [1.165, 1.54) is 0 Å². The van der Waals surface area contributed by atoms with E-state index in [9.17, 15) is 0 Å². The fourth-order valence-electron chi connectivity index (χ4n) is 3.95. The van der Waals surface area contributed by atoms with Crippen LogP contribution in [-0.4, -0.2) is 53.8 Å². The van der Waals surface area contributed by atoms with Gasteiger partial charge in [0, 0.05) is 31.2 Å². The zero-order valence-corrected chi connectivity index (χ0v) is 18.6. The lowest BCUT2D eigenvalue weighted by Gasteiger charge is -2.23. The maximum Gasteiger partial charge on any atom is 0.225 e. The minimum atomic E-state index is 0.117. The predicted octanol–water partition coefficient (Wildman–Crippen LogP) is 4.15. The lowest BCUT2D eigenvalue weighted by molar-refractivity contribution is 0.0244. The molecular formula is C21H24IN5O3. The number of hydrogen-bond donors (Lipinski definition) is 3. The molecule has 5 rings (SSSR count). The number of benzene rings is 1. The van der Waals surface area contributed by atoms with Crippen molar-refractivity contribution in [1.29, 1.82) is 0 Å². The van der Waals surface area contributed by atoms with Crippen LogP contribution in [0.4, 0.5) is 11.4 Å². The Bertz CT molecular complexity index is 1020. The molecule has 2 aromatic heterocycles. The molecule has 0 spiro atoms. The SMILES string of the molecule is INc1cc(-c2n[nH]c3ccnc(OC4CCOCC4)c23)ccc1NC1CCOC1. The highest BCUT2D eigenvalue weighted by molar-refractivity contribution is 14.1. The second-order valence-corrected chi connectivity index (χ2v) is 8.14. The van der Waals surface area contributed by atoms with Crippen LogP contribution in [-0.2, 0) is 9.47 Å². The average Bonchev–Trinajstić information content (AvgIpc) is 3.45. The van der Waals surface area contributed by atoms with Crippen LogP contribution in [0.25, 0.3) is 22.2 Å². The van der Waals surface area contributed by atoms with Gasteiger partial charge >= 0.3 is 0 Å². The Kier molecular flexibility index (Phi) is 5.91. The Balaban J connectivity index is 1.48. The van der Waals surface area contributed by atoms with Crippen molar-refractivity contribution in [2.75, 3.05) is 35.3 Å². The topological polar surface area (TPSA) is 93.3 Å². The molecule has 30 heavy (non-hydrogen) atoms. The van der Waals surface area contributed by atoms with Gasteiger partial charge in [-0.05, 0) is 24.6 Å². The standard InChI is InChI=1S/C21H24IN5O3/c22-25-18-11-13(1-2-16(18)24-14-4-8-29-12-14)20-19-17(26-27-20)3-7-23-21(19)30-15-5-9-28-10-6-15/h1-3,7,11,14-15,24-25H,4-6,8-10,12H2,(H,26,27). The smallest absolute Gasteiger partial charge is 0.225 e. The van der Waals surface area contributed by atoms with E-state index < -0.39 is 0 Å². The van der Waals surface area contributed by atoms with Crippen LogP contribution in [0, 0.1) is 0 Å². The number of rotatable bonds is 6. The largest absolute Gasteiger partial charge is 0.474 e. The van der Waals surface area contributed by atoms with Gasteiger partial charge in [-0.3, -0.25) is 5.10 Å². The minimum Gasteiger partial charge on any atom is -0.474 e. The summed E-state index contributed by atoms with van der Waals surface area (Å²) in [6.45, 7) is 3.00. The van der Waals surface area contributed by atoms with Gasteiger partial charge in [0.15, 0.2) is 0 Å². The highest BCUT2D eigenvalue weighted by Crippen LogP contribution is 2.36. The van der Waals surface area contributed by atoms with Crippen LogP contribution in [0.1, 0.15) is 19.3 Å². The van der Waals surface area contributed by atoms with Crippen molar-refractivity contribution in [3.8, 4) is 17.1 Å². The van der Waals surface area contributed by atoms with Gasteiger partial charge in [-0.15, -0.1) is 0 Å². The lowest BCUT2D eigenvalue weighted by atomic mass is 10.1. The first-order valence-electron chi connectivity index (χ1n) is 10.2. The number of nitrogens with one attached hydrogen (secondary N) is 3. The normalized spacial score (nSPS) is 19.8. The molecule has 1 unspecified atom stereocenters. The zero-order chi connectivity index (χ0) is 20.3. The molecule has 1 atom stereocenters. The number of pyridine rings is 1. The van der Waals surface area contributed by atoms with Gasteiger partial charge in [0.25, 0.3) is 0 Å². The maximum atomic E-state index is 6.26. The molecule has 0 aliphatic carbocycles. The van der Waals surface area contributed by atoms with Gasteiger partial charge in [0.1, 0.15) is 11.8 Å². The van der Waals surface area contributed by atoms with E-state index >= 15 is 0 Å². The number of nitrogens with zero attached hydrogens (tertiary/aromatic N) is 2. The molecule has 0 amide bonds. The van der Waals surface area contributed by atoms with Crippen LogP contribution < -0.4 is 13.6 Å². The summed E-state index contributed by atoms with van der Waals surface area (Å²) in [4.78, 5) is 4.52. The predicted molar refractivity (Wildman–Crippen MR) is 124 cm³/mol. The lowest BCUT2D eigenvalue weighted by Crippen LogP contribution is -2.26. The summed E-state index contributed by atoms with van der Waals surface area (Å²) in [6, 6.07) is 8.54. The summed E-state index contributed by atoms with van der Waals surface area (Å²) in [5.41, 5.74) is 4.81. The van der Waals surface area contributed by atoms with E-state index in [0.29, 0.717) is 11.9 Å². The zero-order valence-electron chi connectivity index (χ0n) is 16.5. The minimum absolute atomic E-state index is 0.117. The highest BCUT2D eigenvalue weighted by Gasteiger charge is 2.21. The molecule has 9 heteroatoms. The monoisotopic (exact) mass is 521 g/mol. The van der Waals surface area contributed by atoms with Gasteiger partial charge < -0.3 is 23.1 Å². The molecule has 0 radical (unpaired) electrons. The first-order valence-corrected chi connectivity index (χ1v) is 11.3. The summed E-state index contributed by atoms with van der Waals surface area (Å²) in [5.74, 6) is 0.623. The number of hydrogen-bond acceptors (Lipinski definition) is 7. The summed E-state index contributed by atoms with van der Waals surface area (Å²) in [5, 5.41) is 12.2. The Morgan fingerprint density at radius 1 is 1.07 bits per heavy atom. The van der Waals surface area contributed by atoms with E-state index in [1.54, 1.807) is 6.20 Å². The van der Waals surface area contributed by atoms with Crippen LogP contribution in [0.15, 0.2) is 30.5 Å². The van der Waals surface area contributed by atoms with Crippen LogP contribution in [0.3, 0.4) is 0 Å². The quantitative estimate of drug-likeness (QED) is 0.332. The fourth-order valence-corrected chi connectivity index (χ4v) is 4.40. The number of H-pyrrole nitrogens is 1. The molecule has 8 nitrogen and oxygen atoms in total. The molecule has 0 saturated carbocycles. The Morgan fingerprint density at radius 2 is 1.93 bits per heavy atom. The van der Waals surface area contributed by atoms with Gasteiger partial charge in [0.05, 0.1) is 71.0 Å². The average molecular weight is 521 g/mol. The molecule has 3 aromatic rings. The van der Waals surface area contributed by atoms with Crippen molar-refractivity contribution in [2.45, 2.75) is 31.4 Å². The van der Waals surface area contributed by atoms with Crippen molar-refractivity contribution >= 4 is 45.1 Å². The van der Waals surface area contributed by atoms with Crippen molar-refractivity contribution in [3.05, 3.63) is 30.5 Å². The molecule has 2 aliphatic rings. The molecule has 0 bridgehead atoms. The fraction of sp³-hybridized carbons (Fsp3) is 0.429. The van der Waals surface area contributed by atoms with Gasteiger partial charge in [0.2, 0.25) is 5.88 Å². The van der Waals surface area contributed by atoms with Gasteiger partial charge in [-0.25, -0.2) is 4.98 Å². The molecule has 2 saturated heterocycles. The second-order valence-electron chi connectivity index (χ2n) is 7.60. The first kappa shape index (κ1) is 19.8. The van der Waals surface area contributed by atoms with Gasteiger partial charge in [-0.2, -0.15) is 5.10 Å². The number of aromatic amines is 1. The summed E-state index contributed by atoms with van der Waals surface area (Å²) >= 11 is 2.16. The third-order valence-corrected chi connectivity index (χ3v) is 6.15. The second kappa shape index (κ2) is 8.94. The Morgan fingerprint density at radius 3 is 2.73 bits per heavy atom. The molecule has 3 N–H and O–H groups in total. The number of aromatic nitrogens is 3. The highest BCUT2D eigenvalue weighted by atomic mass is 127. The van der Waals surface area contributed by atoms with E-state index in [1.807, 2.05) is 6.07 Å². The molecular weight excluding hydrogens is 497 g/mol. The Labute approximate surface area is 188 Å². The van der Waals surface area contributed by atoms with E-state index in [0.717, 1.165) is 79.2 Å². The van der Waals surface area contributed by atoms with Crippen LogP contribution in [0.5, 0.6) is 5.88 Å². The number of fused-ring (bicyclic) bond motifs is 1. The molecule has 2 fully saturated rings. The summed E-state index contributed by atoms with van der Waals surface area (Å²) < 4.78 is 20.5. The first-order chi connectivity index (χ1) is 14.8. The van der Waals surface area contributed by atoms with Crippen molar-refractivity contribution in [1.82, 2.24) is 15.2 Å². The molecule has 4 heterocycles. The third kappa shape index (κ3) is 4.06. The van der Waals surface area contributed by atoms with Crippen molar-refractivity contribution < 1.29 is 14.2 Å². The van der Waals surface area contributed by atoms with Crippen molar-refractivity contribution in [3.63, 3.8) is 0 Å². The summed E-state index contributed by atoms with van der Waals surface area (Å²) in [7, 11) is 0. The number of halogens is 1. The van der Waals surface area contributed by atoms with Crippen LogP contribution in [0.2, 0.25) is 0 Å². The summed E-state index contributed by atoms with van der Waals surface area (Å²) in [6.07, 6.45) is 4.64. The van der Waals surface area contributed by atoms with Gasteiger partial charge in [-0.1, -0.05) is 6.07 Å². The third-order valence-electron chi connectivity index (χ3n) is 5.57.